The molecule has 0 radical (unpaired) electrons. The Kier molecular flexibility index (Phi) is 4.08. The maximum Gasteiger partial charge on any atom is 0.0547 e. The molecule has 0 unspecified atom stereocenters. The van der Waals surface area contributed by atoms with Crippen LogP contribution in [0.2, 0.25) is 0 Å². The molecule has 0 atom stereocenters. The zero-order valence-corrected chi connectivity index (χ0v) is 9.82. The molecule has 16 heavy (non-hydrogen) atoms. The van der Waals surface area contributed by atoms with Crippen molar-refractivity contribution in [2.24, 2.45) is 0 Å². The van der Waals surface area contributed by atoms with Crippen LogP contribution >= 0.6 is 0 Å². The minimum atomic E-state index is 0.841. The Morgan fingerprint density at radius 3 is 2.94 bits per heavy atom. The van der Waals surface area contributed by atoms with Gasteiger partial charge in [-0.25, -0.2) is 0 Å². The van der Waals surface area contributed by atoms with Crippen molar-refractivity contribution in [1.82, 2.24) is 15.2 Å². The molecular formula is C13H19N3. The van der Waals surface area contributed by atoms with Gasteiger partial charge >= 0.3 is 0 Å². The fourth-order valence-electron chi connectivity index (χ4n) is 1.96. The Morgan fingerprint density at radius 1 is 1.31 bits per heavy atom. The van der Waals surface area contributed by atoms with Crippen molar-refractivity contribution in [2.75, 3.05) is 20.1 Å². The molecule has 1 aliphatic heterocycles. The molecule has 3 heteroatoms. The molecule has 1 N–H and O–H groups in total. The van der Waals surface area contributed by atoms with Crippen LogP contribution in [0.15, 0.2) is 30.4 Å². The highest BCUT2D eigenvalue weighted by molar-refractivity contribution is 5.11. The minimum absolute atomic E-state index is 0.841. The Bertz CT molecular complexity index is 360. The van der Waals surface area contributed by atoms with Gasteiger partial charge in [-0.1, -0.05) is 18.2 Å². The summed E-state index contributed by atoms with van der Waals surface area (Å²) in [5.41, 5.74) is 2.29. The van der Waals surface area contributed by atoms with E-state index < -0.39 is 0 Å². The molecule has 0 saturated heterocycles. The van der Waals surface area contributed by atoms with Crippen LogP contribution in [0.3, 0.4) is 0 Å². The quantitative estimate of drug-likeness (QED) is 0.776. The minimum Gasteiger partial charge on any atom is -0.314 e. The van der Waals surface area contributed by atoms with E-state index in [-0.39, 0.29) is 0 Å². The van der Waals surface area contributed by atoms with Crippen LogP contribution < -0.4 is 5.32 Å². The second kappa shape index (κ2) is 5.77. The molecule has 3 nitrogen and oxygen atoms in total. The van der Waals surface area contributed by atoms with Gasteiger partial charge in [0.1, 0.15) is 0 Å². The van der Waals surface area contributed by atoms with Crippen LogP contribution in [0.4, 0.5) is 0 Å². The van der Waals surface area contributed by atoms with Crippen molar-refractivity contribution >= 4 is 0 Å². The molecule has 1 aromatic rings. The third-order valence-corrected chi connectivity index (χ3v) is 2.75. The molecule has 0 aromatic carbocycles. The van der Waals surface area contributed by atoms with E-state index in [1.807, 2.05) is 7.05 Å². The van der Waals surface area contributed by atoms with Gasteiger partial charge in [0, 0.05) is 26.2 Å². The smallest absolute Gasteiger partial charge is 0.0547 e. The van der Waals surface area contributed by atoms with E-state index in [9.17, 15) is 0 Å². The number of pyridine rings is 1. The van der Waals surface area contributed by atoms with E-state index in [0.29, 0.717) is 0 Å². The molecule has 0 aliphatic carbocycles. The number of hydrogen-bond donors (Lipinski definition) is 1. The first-order chi connectivity index (χ1) is 7.88. The lowest BCUT2D eigenvalue weighted by molar-refractivity contribution is 0.287. The highest BCUT2D eigenvalue weighted by Crippen LogP contribution is 2.07. The first-order valence-electron chi connectivity index (χ1n) is 5.85. The zero-order valence-electron chi connectivity index (χ0n) is 9.82. The van der Waals surface area contributed by atoms with Crippen LogP contribution in [0.5, 0.6) is 0 Å². The van der Waals surface area contributed by atoms with Crippen molar-refractivity contribution in [1.29, 1.82) is 0 Å². The number of aromatic nitrogens is 1. The second-order valence-electron chi connectivity index (χ2n) is 4.15. The number of rotatable bonds is 4. The first-order valence-corrected chi connectivity index (χ1v) is 5.85. The Balaban J connectivity index is 1.97. The molecule has 0 fully saturated rings. The van der Waals surface area contributed by atoms with Gasteiger partial charge in [-0.05, 0) is 25.6 Å². The van der Waals surface area contributed by atoms with Crippen LogP contribution in [0.25, 0.3) is 0 Å². The Morgan fingerprint density at radius 2 is 2.19 bits per heavy atom. The maximum absolute atomic E-state index is 4.63. The largest absolute Gasteiger partial charge is 0.314 e. The fraction of sp³-hybridized carbons (Fsp3) is 0.462. The van der Waals surface area contributed by atoms with Crippen LogP contribution in [0, 0.1) is 0 Å². The average molecular weight is 217 g/mol. The van der Waals surface area contributed by atoms with Crippen LogP contribution in [-0.4, -0.2) is 30.0 Å². The summed E-state index contributed by atoms with van der Waals surface area (Å²) in [6.45, 7) is 4.00. The lowest BCUT2D eigenvalue weighted by Crippen LogP contribution is -2.27. The van der Waals surface area contributed by atoms with Gasteiger partial charge in [-0.15, -0.1) is 0 Å². The average Bonchev–Trinajstić information content (AvgIpc) is 2.31. The van der Waals surface area contributed by atoms with E-state index in [1.54, 1.807) is 0 Å². The summed E-state index contributed by atoms with van der Waals surface area (Å²) in [7, 11) is 1.95. The van der Waals surface area contributed by atoms with E-state index in [1.165, 1.54) is 5.69 Å². The van der Waals surface area contributed by atoms with E-state index >= 15 is 0 Å². The SMILES string of the molecule is CNCc1cccc(CN2CC=CCC2)n1. The molecule has 2 rings (SSSR count). The maximum atomic E-state index is 4.63. The predicted octanol–water partition coefficient (Wildman–Crippen LogP) is 1.56. The van der Waals surface area contributed by atoms with Gasteiger partial charge < -0.3 is 5.32 Å². The van der Waals surface area contributed by atoms with Gasteiger partial charge in [-0.3, -0.25) is 9.88 Å². The molecule has 1 aliphatic rings. The predicted molar refractivity (Wildman–Crippen MR) is 66.0 cm³/mol. The molecule has 0 spiro atoms. The highest BCUT2D eigenvalue weighted by atomic mass is 15.1. The van der Waals surface area contributed by atoms with Gasteiger partial charge in [-0.2, -0.15) is 0 Å². The summed E-state index contributed by atoms with van der Waals surface area (Å²) in [6.07, 6.45) is 5.65. The summed E-state index contributed by atoms with van der Waals surface area (Å²) in [5.74, 6) is 0. The lowest BCUT2D eigenvalue weighted by atomic mass is 10.2. The molecule has 0 saturated carbocycles. The van der Waals surface area contributed by atoms with Gasteiger partial charge in [0.25, 0.3) is 0 Å². The number of nitrogens with one attached hydrogen (secondary N) is 1. The van der Waals surface area contributed by atoms with Crippen molar-refractivity contribution in [2.45, 2.75) is 19.5 Å². The topological polar surface area (TPSA) is 28.2 Å². The third kappa shape index (κ3) is 3.15. The van der Waals surface area contributed by atoms with E-state index in [2.05, 4.69) is 45.6 Å². The molecule has 0 bridgehead atoms. The Hall–Kier alpha value is -1.19. The molecule has 86 valence electrons. The van der Waals surface area contributed by atoms with Crippen molar-refractivity contribution in [3.05, 3.63) is 41.7 Å². The summed E-state index contributed by atoms with van der Waals surface area (Å²) in [6, 6.07) is 6.27. The van der Waals surface area contributed by atoms with Crippen molar-refractivity contribution < 1.29 is 0 Å². The second-order valence-corrected chi connectivity index (χ2v) is 4.15. The molecular weight excluding hydrogens is 198 g/mol. The van der Waals surface area contributed by atoms with Crippen LogP contribution in [-0.2, 0) is 13.1 Å². The van der Waals surface area contributed by atoms with Crippen molar-refractivity contribution in [3.63, 3.8) is 0 Å². The Labute approximate surface area is 97.2 Å². The third-order valence-electron chi connectivity index (χ3n) is 2.75. The standard InChI is InChI=1S/C13H19N3/c1-14-10-12-6-5-7-13(15-12)11-16-8-3-2-4-9-16/h2-3,5-7,14H,4,8-11H2,1H3. The zero-order chi connectivity index (χ0) is 11.2. The van der Waals surface area contributed by atoms with Gasteiger partial charge in [0.2, 0.25) is 0 Å². The summed E-state index contributed by atoms with van der Waals surface area (Å²) in [5, 5.41) is 3.13. The fourth-order valence-corrected chi connectivity index (χ4v) is 1.96. The van der Waals surface area contributed by atoms with E-state index in [0.717, 1.165) is 38.3 Å². The summed E-state index contributed by atoms with van der Waals surface area (Å²) in [4.78, 5) is 7.05. The molecule has 0 amide bonds. The first kappa shape index (κ1) is 11.3. The van der Waals surface area contributed by atoms with Crippen LogP contribution in [0.1, 0.15) is 17.8 Å². The molecule has 2 heterocycles. The number of nitrogens with zero attached hydrogens (tertiary/aromatic N) is 2. The van der Waals surface area contributed by atoms with Gasteiger partial charge in [0.05, 0.1) is 11.4 Å². The highest BCUT2D eigenvalue weighted by Gasteiger charge is 2.07. The monoisotopic (exact) mass is 217 g/mol. The van der Waals surface area contributed by atoms with Crippen molar-refractivity contribution in [3.8, 4) is 0 Å². The van der Waals surface area contributed by atoms with Gasteiger partial charge in [0.15, 0.2) is 0 Å². The summed E-state index contributed by atoms with van der Waals surface area (Å²) < 4.78 is 0. The normalized spacial score (nSPS) is 16.6. The summed E-state index contributed by atoms with van der Waals surface area (Å²) >= 11 is 0. The lowest BCUT2D eigenvalue weighted by Gasteiger charge is -2.22. The molecule has 1 aromatic heterocycles. The van der Waals surface area contributed by atoms with E-state index in [4.69, 9.17) is 0 Å². The number of hydrogen-bond acceptors (Lipinski definition) is 3.